The van der Waals surface area contributed by atoms with Gasteiger partial charge in [-0.2, -0.15) is 4.98 Å². The van der Waals surface area contributed by atoms with Gasteiger partial charge in [-0.15, -0.1) is 0 Å². The lowest BCUT2D eigenvalue weighted by atomic mass is 10.1. The molecule has 4 N–H and O–H groups in total. The lowest BCUT2D eigenvalue weighted by Crippen LogP contribution is -2.30. The molecule has 8 nitrogen and oxygen atoms in total. The number of aromatic nitrogens is 4. The van der Waals surface area contributed by atoms with Crippen molar-refractivity contribution < 1.29 is 5.11 Å². The molecule has 2 aromatic heterocycles. The average molecular weight is 333 g/mol. The van der Waals surface area contributed by atoms with E-state index in [0.29, 0.717) is 29.8 Å². The summed E-state index contributed by atoms with van der Waals surface area (Å²) in [6.45, 7) is 8.75. The van der Waals surface area contributed by atoms with Crippen molar-refractivity contribution in [2.45, 2.75) is 46.1 Å². The van der Waals surface area contributed by atoms with Gasteiger partial charge in [-0.05, 0) is 26.7 Å². The highest BCUT2D eigenvalue weighted by Crippen LogP contribution is 2.24. The Hall–Kier alpha value is -2.22. The zero-order valence-electron chi connectivity index (χ0n) is 15.1. The van der Waals surface area contributed by atoms with Gasteiger partial charge in [-0.25, -0.2) is 15.0 Å². The molecule has 2 aromatic rings. The van der Waals surface area contributed by atoms with E-state index in [1.807, 2.05) is 14.0 Å². The molecular weight excluding hydrogens is 306 g/mol. The third-order valence-corrected chi connectivity index (χ3v) is 3.40. The first-order chi connectivity index (χ1) is 11.4. The standard InChI is InChI=1S/C16H27N7O/c1-6-8-18-14-21-11-10(7-2)20-15(19-9-16(3,4)24)22-12(11)13(17-5)23-14/h24H,6-9H2,1-5H3,(H,19,20,22)(H2,17,18,21,23). The highest BCUT2D eigenvalue weighted by Gasteiger charge is 2.17. The maximum absolute atomic E-state index is 9.87. The van der Waals surface area contributed by atoms with E-state index < -0.39 is 5.60 Å². The van der Waals surface area contributed by atoms with E-state index in [-0.39, 0.29) is 0 Å². The molecule has 0 unspecified atom stereocenters. The van der Waals surface area contributed by atoms with Crippen LogP contribution in [0.2, 0.25) is 0 Å². The van der Waals surface area contributed by atoms with Crippen LogP contribution in [-0.4, -0.2) is 50.8 Å². The first-order valence-corrected chi connectivity index (χ1v) is 8.34. The predicted molar refractivity (Wildman–Crippen MR) is 97.6 cm³/mol. The number of aryl methyl sites for hydroxylation is 1. The molecular formula is C16H27N7O. The number of hydrogen-bond acceptors (Lipinski definition) is 8. The first kappa shape index (κ1) is 18.1. The van der Waals surface area contributed by atoms with Crippen molar-refractivity contribution in [2.75, 3.05) is 36.1 Å². The maximum Gasteiger partial charge on any atom is 0.225 e. The highest BCUT2D eigenvalue weighted by molar-refractivity contribution is 5.88. The van der Waals surface area contributed by atoms with Crippen molar-refractivity contribution in [3.05, 3.63) is 5.69 Å². The van der Waals surface area contributed by atoms with Gasteiger partial charge in [0.05, 0.1) is 11.3 Å². The monoisotopic (exact) mass is 333 g/mol. The van der Waals surface area contributed by atoms with Crippen LogP contribution in [0.1, 0.15) is 39.8 Å². The fourth-order valence-electron chi connectivity index (χ4n) is 2.18. The van der Waals surface area contributed by atoms with Gasteiger partial charge in [0.1, 0.15) is 11.0 Å². The first-order valence-electron chi connectivity index (χ1n) is 8.34. The van der Waals surface area contributed by atoms with Crippen LogP contribution in [0.3, 0.4) is 0 Å². The van der Waals surface area contributed by atoms with Gasteiger partial charge in [-0.1, -0.05) is 13.8 Å². The lowest BCUT2D eigenvalue weighted by molar-refractivity contribution is 0.0943. The van der Waals surface area contributed by atoms with Crippen LogP contribution in [0.4, 0.5) is 17.7 Å². The van der Waals surface area contributed by atoms with Gasteiger partial charge in [0, 0.05) is 20.1 Å². The second-order valence-electron chi connectivity index (χ2n) is 6.28. The van der Waals surface area contributed by atoms with Gasteiger partial charge >= 0.3 is 0 Å². The average Bonchev–Trinajstić information content (AvgIpc) is 2.56. The Morgan fingerprint density at radius 1 is 0.958 bits per heavy atom. The van der Waals surface area contributed by atoms with Gasteiger partial charge in [0.15, 0.2) is 5.82 Å². The molecule has 0 aliphatic carbocycles. The number of fused-ring (bicyclic) bond motifs is 1. The summed E-state index contributed by atoms with van der Waals surface area (Å²) < 4.78 is 0. The molecule has 8 heteroatoms. The molecule has 0 aliphatic rings. The van der Waals surface area contributed by atoms with Crippen molar-refractivity contribution >= 4 is 28.7 Å². The quantitative estimate of drug-likeness (QED) is 0.581. The van der Waals surface area contributed by atoms with Crippen LogP contribution < -0.4 is 16.0 Å². The molecule has 24 heavy (non-hydrogen) atoms. The van der Waals surface area contributed by atoms with E-state index in [1.54, 1.807) is 13.8 Å². The SMILES string of the molecule is CCCNc1nc(NC)c2nc(NCC(C)(C)O)nc(CC)c2n1. The van der Waals surface area contributed by atoms with Crippen LogP contribution in [0.25, 0.3) is 11.0 Å². The van der Waals surface area contributed by atoms with Gasteiger partial charge in [0.2, 0.25) is 11.9 Å². The number of hydrogen-bond donors (Lipinski definition) is 4. The summed E-state index contributed by atoms with van der Waals surface area (Å²) in [4.78, 5) is 18.1. The van der Waals surface area contributed by atoms with E-state index in [0.717, 1.165) is 30.6 Å². The van der Waals surface area contributed by atoms with E-state index >= 15 is 0 Å². The molecule has 0 radical (unpaired) electrons. The largest absolute Gasteiger partial charge is 0.389 e. The van der Waals surface area contributed by atoms with Crippen molar-refractivity contribution in [1.29, 1.82) is 0 Å². The Morgan fingerprint density at radius 3 is 2.21 bits per heavy atom. The summed E-state index contributed by atoms with van der Waals surface area (Å²) in [6.07, 6.45) is 1.72. The number of nitrogens with zero attached hydrogens (tertiary/aromatic N) is 4. The summed E-state index contributed by atoms with van der Waals surface area (Å²) in [5, 5.41) is 19.2. The third kappa shape index (κ3) is 4.41. The zero-order chi connectivity index (χ0) is 17.7. The maximum atomic E-state index is 9.87. The molecule has 0 aliphatic heterocycles. The van der Waals surface area contributed by atoms with Crippen molar-refractivity contribution in [1.82, 2.24) is 19.9 Å². The second kappa shape index (κ2) is 7.57. The number of rotatable bonds is 8. The highest BCUT2D eigenvalue weighted by atomic mass is 16.3. The smallest absolute Gasteiger partial charge is 0.225 e. The Bertz CT molecular complexity index is 697. The van der Waals surface area contributed by atoms with Crippen molar-refractivity contribution in [3.63, 3.8) is 0 Å². The number of anilines is 3. The van der Waals surface area contributed by atoms with Crippen LogP contribution >= 0.6 is 0 Å². The molecule has 2 rings (SSSR count). The number of nitrogens with one attached hydrogen (secondary N) is 3. The van der Waals surface area contributed by atoms with E-state index in [2.05, 4.69) is 42.8 Å². The summed E-state index contributed by atoms with van der Waals surface area (Å²) in [5.74, 6) is 1.70. The second-order valence-corrected chi connectivity index (χ2v) is 6.28. The molecule has 0 saturated heterocycles. The van der Waals surface area contributed by atoms with E-state index in [4.69, 9.17) is 0 Å². The molecule has 132 valence electrons. The zero-order valence-corrected chi connectivity index (χ0v) is 15.1. The molecule has 0 fully saturated rings. The third-order valence-electron chi connectivity index (χ3n) is 3.40. The number of aliphatic hydroxyl groups is 1. The Balaban J connectivity index is 2.48. The van der Waals surface area contributed by atoms with Crippen LogP contribution in [0, 0.1) is 0 Å². The molecule has 0 spiro atoms. The van der Waals surface area contributed by atoms with Gasteiger partial charge in [0.25, 0.3) is 0 Å². The fraction of sp³-hybridized carbons (Fsp3) is 0.625. The van der Waals surface area contributed by atoms with Crippen molar-refractivity contribution in [3.8, 4) is 0 Å². The Morgan fingerprint density at radius 2 is 1.62 bits per heavy atom. The fourth-order valence-corrected chi connectivity index (χ4v) is 2.18. The van der Waals surface area contributed by atoms with E-state index in [1.165, 1.54) is 0 Å². The summed E-state index contributed by atoms with van der Waals surface area (Å²) in [6, 6.07) is 0. The van der Waals surface area contributed by atoms with Crippen LogP contribution in [0.15, 0.2) is 0 Å². The molecule has 0 atom stereocenters. The van der Waals surface area contributed by atoms with Crippen LogP contribution in [-0.2, 0) is 6.42 Å². The molecule has 0 aromatic carbocycles. The molecule has 0 amide bonds. The van der Waals surface area contributed by atoms with Gasteiger partial charge < -0.3 is 21.1 Å². The predicted octanol–water partition coefficient (Wildman–Crippen LogP) is 2.03. The lowest BCUT2D eigenvalue weighted by Gasteiger charge is -2.18. The molecule has 0 saturated carbocycles. The van der Waals surface area contributed by atoms with Gasteiger partial charge in [-0.3, -0.25) is 0 Å². The minimum Gasteiger partial charge on any atom is -0.389 e. The topological polar surface area (TPSA) is 108 Å². The minimum atomic E-state index is -0.846. The molecule has 2 heterocycles. The molecule has 0 bridgehead atoms. The van der Waals surface area contributed by atoms with Crippen LogP contribution in [0.5, 0.6) is 0 Å². The summed E-state index contributed by atoms with van der Waals surface area (Å²) in [5.41, 5.74) is 1.41. The minimum absolute atomic E-state index is 0.355. The van der Waals surface area contributed by atoms with E-state index in [9.17, 15) is 5.11 Å². The Labute approximate surface area is 142 Å². The van der Waals surface area contributed by atoms with Crippen molar-refractivity contribution in [2.24, 2.45) is 0 Å². The Kier molecular flexibility index (Phi) is 5.71. The normalized spacial score (nSPS) is 11.6. The summed E-state index contributed by atoms with van der Waals surface area (Å²) >= 11 is 0. The summed E-state index contributed by atoms with van der Waals surface area (Å²) in [7, 11) is 1.81.